The second-order valence-corrected chi connectivity index (χ2v) is 8.16. The van der Waals surface area contributed by atoms with E-state index in [4.69, 9.17) is 18.9 Å². The summed E-state index contributed by atoms with van der Waals surface area (Å²) in [6, 6.07) is 17.9. The molecule has 37 heavy (non-hydrogen) atoms. The second kappa shape index (κ2) is 10.4. The lowest BCUT2D eigenvalue weighted by molar-refractivity contribution is -0.385. The third-order valence-electron chi connectivity index (χ3n) is 5.71. The molecule has 0 saturated carbocycles. The van der Waals surface area contributed by atoms with E-state index < -0.39 is 4.92 Å². The van der Waals surface area contributed by atoms with Gasteiger partial charge in [0, 0.05) is 23.3 Å². The number of rotatable bonds is 8. The monoisotopic (exact) mass is 498 g/mol. The molecule has 3 aromatic carbocycles. The van der Waals surface area contributed by atoms with Crippen LogP contribution in [0.15, 0.2) is 54.6 Å². The van der Waals surface area contributed by atoms with Gasteiger partial charge in [0.1, 0.15) is 24.3 Å². The van der Waals surface area contributed by atoms with Gasteiger partial charge in [0.15, 0.2) is 18.3 Å². The molecule has 0 spiro atoms. The lowest BCUT2D eigenvalue weighted by Gasteiger charge is -2.21. The summed E-state index contributed by atoms with van der Waals surface area (Å²) in [5.41, 5.74) is 3.78. The number of para-hydroxylation sites is 2. The molecule has 0 atom stereocenters. The first-order chi connectivity index (χ1) is 18.1. The highest BCUT2D eigenvalue weighted by Crippen LogP contribution is 2.35. The minimum atomic E-state index is -0.458. The molecule has 0 saturated heterocycles. The maximum absolute atomic E-state index is 11.4. The molecule has 10 nitrogen and oxygen atoms in total. The average molecular weight is 498 g/mol. The van der Waals surface area contributed by atoms with Gasteiger partial charge >= 0.3 is 0 Å². The van der Waals surface area contributed by atoms with E-state index in [0.717, 1.165) is 16.6 Å². The number of H-pyrrole nitrogens is 1. The van der Waals surface area contributed by atoms with Crippen LogP contribution in [0.1, 0.15) is 29.4 Å². The highest BCUT2D eigenvalue weighted by Gasteiger charge is 2.22. The van der Waals surface area contributed by atoms with E-state index in [1.807, 2.05) is 31.2 Å². The van der Waals surface area contributed by atoms with Crippen LogP contribution in [0.4, 0.5) is 5.69 Å². The molecule has 10 heteroatoms. The number of non-ortho nitro benzene ring substituents is 1. The van der Waals surface area contributed by atoms with Gasteiger partial charge in [-0.3, -0.25) is 10.1 Å². The predicted molar refractivity (Wildman–Crippen MR) is 135 cm³/mol. The third kappa shape index (κ3) is 5.07. The van der Waals surface area contributed by atoms with Crippen LogP contribution < -0.4 is 14.2 Å². The molecule has 0 bridgehead atoms. The fourth-order valence-electron chi connectivity index (χ4n) is 4.05. The van der Waals surface area contributed by atoms with E-state index in [1.54, 1.807) is 24.3 Å². The fourth-order valence-corrected chi connectivity index (χ4v) is 4.05. The Labute approximate surface area is 211 Å². The Morgan fingerprint density at radius 2 is 2.08 bits per heavy atom. The molecule has 186 valence electrons. The summed E-state index contributed by atoms with van der Waals surface area (Å²) in [6.45, 7) is 2.57. The number of fused-ring (bicyclic) bond motifs is 2. The first kappa shape index (κ1) is 23.8. The van der Waals surface area contributed by atoms with Crippen molar-refractivity contribution in [1.29, 1.82) is 5.26 Å². The zero-order valence-corrected chi connectivity index (χ0v) is 19.9. The van der Waals surface area contributed by atoms with E-state index in [2.05, 4.69) is 16.0 Å². The first-order valence-corrected chi connectivity index (χ1v) is 11.5. The minimum absolute atomic E-state index is 0.0295. The molecule has 4 aromatic rings. The van der Waals surface area contributed by atoms with Crippen molar-refractivity contribution in [2.75, 3.05) is 13.4 Å². The highest BCUT2D eigenvalue weighted by atomic mass is 16.7. The van der Waals surface area contributed by atoms with Gasteiger partial charge in [0.05, 0.1) is 34.7 Å². The molecule has 5 rings (SSSR count). The van der Waals surface area contributed by atoms with Crippen molar-refractivity contribution in [3.8, 4) is 23.3 Å². The summed E-state index contributed by atoms with van der Waals surface area (Å²) in [6.07, 6.45) is 1.72. The molecule has 0 unspecified atom stereocenters. The van der Waals surface area contributed by atoms with E-state index in [-0.39, 0.29) is 25.7 Å². The summed E-state index contributed by atoms with van der Waals surface area (Å²) >= 11 is 0. The number of nitro benzene ring substituents is 1. The molecule has 1 aliphatic rings. The van der Waals surface area contributed by atoms with E-state index in [1.165, 1.54) is 12.1 Å². The number of aromatic amines is 1. The predicted octanol–water partition coefficient (Wildman–Crippen LogP) is 5.38. The molecule has 0 fully saturated rings. The summed E-state index contributed by atoms with van der Waals surface area (Å²) in [5, 5.41) is 21.1. The van der Waals surface area contributed by atoms with Crippen LogP contribution in [0.25, 0.3) is 22.7 Å². The number of nitro groups is 1. The number of hydrogen-bond acceptors (Lipinski definition) is 8. The van der Waals surface area contributed by atoms with Crippen LogP contribution in [-0.2, 0) is 18.0 Å². The molecule has 1 N–H and O–H groups in total. The fraction of sp³-hybridized carbons (Fsp3) is 0.185. The third-order valence-corrected chi connectivity index (χ3v) is 5.71. The number of benzene rings is 3. The number of aromatic nitrogens is 2. The average Bonchev–Trinajstić information content (AvgIpc) is 3.35. The number of allylic oxidation sites excluding steroid dienone is 1. The SMILES string of the molecule is CCOc1cc(C=C(C#N)c2nc3ccccc3[nH]2)ccc1OCc1cc([N+](=O)[O-])cc2c1OCOC2. The van der Waals surface area contributed by atoms with Crippen LogP contribution in [0.2, 0.25) is 0 Å². The Kier molecular flexibility index (Phi) is 6.70. The number of nitrogens with zero attached hydrogens (tertiary/aromatic N) is 3. The van der Waals surface area contributed by atoms with Crippen LogP contribution in [-0.4, -0.2) is 28.3 Å². The number of hydrogen-bond donors (Lipinski definition) is 1. The largest absolute Gasteiger partial charge is 0.490 e. The van der Waals surface area contributed by atoms with Gasteiger partial charge in [-0.15, -0.1) is 0 Å². The van der Waals surface area contributed by atoms with Crippen molar-refractivity contribution >= 4 is 28.4 Å². The molecule has 1 aliphatic heterocycles. The number of nitriles is 1. The molecular weight excluding hydrogens is 476 g/mol. The van der Waals surface area contributed by atoms with Gasteiger partial charge in [-0.25, -0.2) is 4.98 Å². The summed E-state index contributed by atoms with van der Waals surface area (Å²) in [5.74, 6) is 1.93. The standard InChI is InChI=1S/C27H22N4O6/c1-2-35-25-10-17(9-18(13-28)27-29-22-5-3-4-6-23(22)30-27)7-8-24(25)36-15-20-12-21(31(32)33)11-19-14-34-16-37-26(19)20/h3-12H,2,14-16H2,1H3,(H,29,30). The summed E-state index contributed by atoms with van der Waals surface area (Å²) in [7, 11) is 0. The summed E-state index contributed by atoms with van der Waals surface area (Å²) < 4.78 is 22.7. The number of imidazole rings is 1. The summed E-state index contributed by atoms with van der Waals surface area (Å²) in [4.78, 5) is 18.6. The molecule has 2 heterocycles. The molecular formula is C27H22N4O6. The molecule has 0 amide bonds. The molecule has 0 radical (unpaired) electrons. The maximum Gasteiger partial charge on any atom is 0.270 e. The van der Waals surface area contributed by atoms with Gasteiger partial charge in [0.25, 0.3) is 5.69 Å². The van der Waals surface area contributed by atoms with E-state index in [9.17, 15) is 15.4 Å². The van der Waals surface area contributed by atoms with Gasteiger partial charge in [-0.1, -0.05) is 18.2 Å². The van der Waals surface area contributed by atoms with Crippen molar-refractivity contribution in [1.82, 2.24) is 9.97 Å². The first-order valence-electron chi connectivity index (χ1n) is 11.5. The zero-order chi connectivity index (χ0) is 25.8. The number of nitrogens with one attached hydrogen (secondary N) is 1. The van der Waals surface area contributed by atoms with Crippen molar-refractivity contribution < 1.29 is 23.9 Å². The van der Waals surface area contributed by atoms with E-state index in [0.29, 0.717) is 46.4 Å². The Morgan fingerprint density at radius 1 is 1.22 bits per heavy atom. The van der Waals surface area contributed by atoms with Crippen molar-refractivity contribution in [2.24, 2.45) is 0 Å². The van der Waals surface area contributed by atoms with Crippen LogP contribution >= 0.6 is 0 Å². The Hall–Kier alpha value is -4.88. The van der Waals surface area contributed by atoms with Crippen LogP contribution in [0.3, 0.4) is 0 Å². The Balaban J connectivity index is 1.42. The van der Waals surface area contributed by atoms with Crippen LogP contribution in [0.5, 0.6) is 17.2 Å². The normalized spacial score (nSPS) is 12.9. The van der Waals surface area contributed by atoms with Gasteiger partial charge in [-0.2, -0.15) is 5.26 Å². The quantitative estimate of drug-likeness (QED) is 0.194. The lowest BCUT2D eigenvalue weighted by Crippen LogP contribution is -2.14. The topological polar surface area (TPSA) is 133 Å². The van der Waals surface area contributed by atoms with Crippen molar-refractivity contribution in [2.45, 2.75) is 20.1 Å². The number of ether oxygens (including phenoxy) is 4. The van der Waals surface area contributed by atoms with Crippen molar-refractivity contribution in [3.63, 3.8) is 0 Å². The lowest BCUT2D eigenvalue weighted by atomic mass is 10.1. The Morgan fingerprint density at radius 3 is 2.86 bits per heavy atom. The minimum Gasteiger partial charge on any atom is -0.490 e. The van der Waals surface area contributed by atoms with Crippen molar-refractivity contribution in [3.05, 3.63) is 87.2 Å². The maximum atomic E-state index is 11.4. The van der Waals surface area contributed by atoms with E-state index >= 15 is 0 Å². The van der Waals surface area contributed by atoms with Gasteiger partial charge < -0.3 is 23.9 Å². The van der Waals surface area contributed by atoms with Gasteiger partial charge in [0.2, 0.25) is 0 Å². The second-order valence-electron chi connectivity index (χ2n) is 8.16. The highest BCUT2D eigenvalue weighted by molar-refractivity contribution is 5.90. The van der Waals surface area contributed by atoms with Crippen LogP contribution in [0, 0.1) is 21.4 Å². The molecule has 0 aliphatic carbocycles. The van der Waals surface area contributed by atoms with Gasteiger partial charge in [-0.05, 0) is 42.8 Å². The smallest absolute Gasteiger partial charge is 0.270 e. The zero-order valence-electron chi connectivity index (χ0n) is 19.9. The molecule has 1 aromatic heterocycles. The Bertz CT molecular complexity index is 1520.